The molecule has 0 amide bonds. The Morgan fingerprint density at radius 2 is 0.506 bits per heavy atom. The number of ether oxygens (including phenoxy) is 3. The summed E-state index contributed by atoms with van der Waals surface area (Å²) in [5.74, 6) is -0.975. The van der Waals surface area contributed by atoms with E-state index in [4.69, 9.17) is 14.2 Å². The minimum atomic E-state index is -0.814. The zero-order valence-electron chi connectivity index (χ0n) is 49.4. The number of rotatable bonds is 54. The van der Waals surface area contributed by atoms with Crippen molar-refractivity contribution in [1.82, 2.24) is 0 Å². The summed E-state index contributed by atoms with van der Waals surface area (Å²) in [7, 11) is 0. The highest BCUT2D eigenvalue weighted by molar-refractivity contribution is 5.71. The lowest BCUT2D eigenvalue weighted by molar-refractivity contribution is -0.167. The quantitative estimate of drug-likeness (QED) is 0.0261. The van der Waals surface area contributed by atoms with E-state index in [9.17, 15) is 14.4 Å². The molecule has 6 heteroatoms. The van der Waals surface area contributed by atoms with Crippen LogP contribution in [-0.4, -0.2) is 37.2 Å². The Morgan fingerprint density at radius 1 is 0.273 bits per heavy atom. The van der Waals surface area contributed by atoms with Gasteiger partial charge in [-0.25, -0.2) is 0 Å². The van der Waals surface area contributed by atoms with Gasteiger partial charge in [0.2, 0.25) is 0 Å². The summed E-state index contributed by atoms with van der Waals surface area (Å²) < 4.78 is 16.8. The van der Waals surface area contributed by atoms with Crippen LogP contribution in [0.1, 0.15) is 252 Å². The highest BCUT2D eigenvalue weighted by Gasteiger charge is 2.19. The summed E-state index contributed by atoms with van der Waals surface area (Å²) in [6.45, 7) is 6.32. The molecule has 0 aromatic rings. The molecule has 0 rings (SSSR count). The first kappa shape index (κ1) is 72.0. The summed E-state index contributed by atoms with van der Waals surface area (Å²) in [5, 5.41) is 0. The maximum atomic E-state index is 12.9. The van der Waals surface area contributed by atoms with Crippen molar-refractivity contribution < 1.29 is 28.6 Å². The fourth-order valence-electron chi connectivity index (χ4n) is 7.91. The van der Waals surface area contributed by atoms with E-state index >= 15 is 0 Å². The minimum Gasteiger partial charge on any atom is -0.462 e. The second kappa shape index (κ2) is 63.6. The largest absolute Gasteiger partial charge is 0.462 e. The average Bonchev–Trinajstić information content (AvgIpc) is 3.43. The number of unbranched alkanes of at least 4 members (excludes halogenated alkanes) is 17. The van der Waals surface area contributed by atoms with Crippen LogP contribution in [0.25, 0.3) is 0 Å². The van der Waals surface area contributed by atoms with Crippen LogP contribution >= 0.6 is 0 Å². The number of carbonyl (C=O) groups excluding carboxylic acids is 3. The molecule has 0 saturated carbocycles. The van der Waals surface area contributed by atoms with Gasteiger partial charge in [0.1, 0.15) is 13.2 Å². The third kappa shape index (κ3) is 61.8. The summed E-state index contributed by atoms with van der Waals surface area (Å²) in [6, 6.07) is 0. The molecular formula is C71H112O6. The molecule has 0 fully saturated rings. The van der Waals surface area contributed by atoms with Gasteiger partial charge in [-0.05, 0) is 148 Å². The smallest absolute Gasteiger partial charge is 0.306 e. The molecule has 77 heavy (non-hydrogen) atoms. The van der Waals surface area contributed by atoms with Gasteiger partial charge in [-0.1, -0.05) is 243 Å². The van der Waals surface area contributed by atoms with Gasteiger partial charge in [-0.3, -0.25) is 14.4 Å². The van der Waals surface area contributed by atoms with E-state index in [2.05, 4.69) is 179 Å². The molecule has 1 unspecified atom stereocenters. The van der Waals surface area contributed by atoms with Gasteiger partial charge in [0.15, 0.2) is 6.10 Å². The number of allylic oxidation sites excluding steroid dienone is 26. The molecule has 0 aromatic heterocycles. The summed E-state index contributed by atoms with van der Waals surface area (Å²) in [5.41, 5.74) is 0. The minimum absolute atomic E-state index is 0.110. The van der Waals surface area contributed by atoms with Crippen molar-refractivity contribution in [3.63, 3.8) is 0 Å². The van der Waals surface area contributed by atoms with Crippen LogP contribution in [-0.2, 0) is 28.6 Å². The summed E-state index contributed by atoms with van der Waals surface area (Å²) in [4.78, 5) is 38.3. The molecule has 0 heterocycles. The first-order valence-corrected chi connectivity index (χ1v) is 31.0. The molecule has 0 aromatic carbocycles. The van der Waals surface area contributed by atoms with Crippen LogP contribution in [0, 0.1) is 0 Å². The topological polar surface area (TPSA) is 78.9 Å². The van der Waals surface area contributed by atoms with Crippen molar-refractivity contribution in [3.8, 4) is 0 Å². The van der Waals surface area contributed by atoms with Gasteiger partial charge >= 0.3 is 17.9 Å². The van der Waals surface area contributed by atoms with Gasteiger partial charge in [0.25, 0.3) is 0 Å². The standard InChI is InChI=1S/C71H112O6/c1-4-7-10-13-16-19-22-25-27-29-31-32-33-34-35-36-37-38-40-41-43-46-49-52-55-58-61-64-70(73)76-67-68(66-75-69(72)63-60-57-54-51-48-45-24-21-18-15-12-9-6-3)77-71(74)65-62-59-56-53-50-47-44-42-39-30-28-26-23-20-17-14-11-8-5-2/h7,9-10,12,16-21,25-28,31-32,34-35,37-39,41-43,45,48,68H,4-6,8,11,13-15,22-24,29-30,33,36,40,44,46-47,49-67H2,1-3H3/b10-7-,12-9-,19-16-,20-17-,21-18-,27-25-,28-26-,32-31-,35-34-,38-37-,42-39-,43-41-,48-45-. The monoisotopic (exact) mass is 1060 g/mol. The molecule has 0 aliphatic heterocycles. The van der Waals surface area contributed by atoms with Crippen molar-refractivity contribution in [2.24, 2.45) is 0 Å². The zero-order valence-corrected chi connectivity index (χ0v) is 49.4. The summed E-state index contributed by atoms with van der Waals surface area (Å²) in [6.07, 6.45) is 92.4. The highest BCUT2D eigenvalue weighted by Crippen LogP contribution is 2.13. The predicted octanol–water partition coefficient (Wildman–Crippen LogP) is 21.3. The Balaban J connectivity index is 4.45. The van der Waals surface area contributed by atoms with E-state index in [1.807, 2.05) is 0 Å². The molecule has 0 aliphatic carbocycles. The molecule has 0 aliphatic rings. The normalized spacial score (nSPS) is 13.2. The van der Waals surface area contributed by atoms with Crippen LogP contribution in [0.3, 0.4) is 0 Å². The Hall–Kier alpha value is -4.97. The maximum Gasteiger partial charge on any atom is 0.306 e. The van der Waals surface area contributed by atoms with Gasteiger partial charge in [0.05, 0.1) is 0 Å². The Morgan fingerprint density at radius 3 is 0.805 bits per heavy atom. The highest BCUT2D eigenvalue weighted by atomic mass is 16.6. The van der Waals surface area contributed by atoms with Gasteiger partial charge in [0, 0.05) is 19.3 Å². The SMILES string of the molecule is CC/C=C\C/C=C\C/C=C\C/C=C\C/C=C\C/C=C\C/C=C\CCCCCCCC(=O)OCC(COC(=O)CCCCC/C=C\C/C=C\C/C=C\CC)OC(=O)CCCCCCCC/C=C\C/C=C\C/C=C\CCCCC. The predicted molar refractivity (Wildman–Crippen MR) is 334 cm³/mol. The van der Waals surface area contributed by atoms with Crippen LogP contribution in [0.15, 0.2) is 158 Å². The van der Waals surface area contributed by atoms with Crippen LogP contribution in [0.4, 0.5) is 0 Å². The average molecular weight is 1060 g/mol. The summed E-state index contributed by atoms with van der Waals surface area (Å²) >= 11 is 0. The number of hydrogen-bond donors (Lipinski definition) is 0. The fraction of sp³-hybridized carbons (Fsp3) is 0.592. The Kier molecular flexibility index (Phi) is 59.5. The Bertz CT molecular complexity index is 1740. The first-order valence-electron chi connectivity index (χ1n) is 31.0. The lowest BCUT2D eigenvalue weighted by Gasteiger charge is -2.18. The van der Waals surface area contributed by atoms with E-state index in [-0.39, 0.29) is 31.1 Å². The van der Waals surface area contributed by atoms with Crippen molar-refractivity contribution in [2.45, 2.75) is 258 Å². The maximum absolute atomic E-state index is 12.9. The van der Waals surface area contributed by atoms with Crippen molar-refractivity contribution >= 4 is 17.9 Å². The molecule has 0 N–H and O–H groups in total. The van der Waals surface area contributed by atoms with Gasteiger partial charge in [-0.2, -0.15) is 0 Å². The van der Waals surface area contributed by atoms with Crippen molar-refractivity contribution in [1.29, 1.82) is 0 Å². The van der Waals surface area contributed by atoms with Crippen LogP contribution in [0.2, 0.25) is 0 Å². The van der Waals surface area contributed by atoms with E-state index in [0.717, 1.165) is 173 Å². The zero-order chi connectivity index (χ0) is 55.7. The molecular weight excluding hydrogens is 949 g/mol. The molecule has 432 valence electrons. The molecule has 1 atom stereocenters. The number of esters is 3. The first-order chi connectivity index (χ1) is 38.0. The molecule has 0 bridgehead atoms. The van der Waals surface area contributed by atoms with Gasteiger partial charge in [-0.15, -0.1) is 0 Å². The third-order valence-corrected chi connectivity index (χ3v) is 12.5. The lowest BCUT2D eigenvalue weighted by atomic mass is 10.1. The second-order valence-electron chi connectivity index (χ2n) is 19.8. The number of hydrogen-bond acceptors (Lipinski definition) is 6. The van der Waals surface area contributed by atoms with Crippen molar-refractivity contribution in [2.75, 3.05) is 13.2 Å². The molecule has 0 spiro atoms. The van der Waals surface area contributed by atoms with Crippen LogP contribution in [0.5, 0.6) is 0 Å². The lowest BCUT2D eigenvalue weighted by Crippen LogP contribution is -2.30. The van der Waals surface area contributed by atoms with Crippen LogP contribution < -0.4 is 0 Å². The molecule has 0 saturated heterocycles. The van der Waals surface area contributed by atoms with Crippen molar-refractivity contribution in [3.05, 3.63) is 158 Å². The number of carbonyl (C=O) groups is 3. The van der Waals surface area contributed by atoms with Gasteiger partial charge < -0.3 is 14.2 Å². The van der Waals surface area contributed by atoms with E-state index in [1.165, 1.54) is 38.5 Å². The van der Waals surface area contributed by atoms with E-state index in [0.29, 0.717) is 19.3 Å². The molecule has 6 nitrogen and oxygen atoms in total. The third-order valence-electron chi connectivity index (χ3n) is 12.5. The Labute approximate surface area is 473 Å². The fourth-order valence-corrected chi connectivity index (χ4v) is 7.91. The second-order valence-corrected chi connectivity index (χ2v) is 19.8. The van der Waals surface area contributed by atoms with E-state index < -0.39 is 6.10 Å². The molecule has 0 radical (unpaired) electrons. The van der Waals surface area contributed by atoms with E-state index in [1.54, 1.807) is 0 Å².